The molecular weight excluding hydrogens is 402 g/mol. The van der Waals surface area contributed by atoms with Crippen molar-refractivity contribution in [2.75, 3.05) is 31.1 Å². The number of benzene rings is 2. The number of carbonyl (C=O) groups is 1. The van der Waals surface area contributed by atoms with Gasteiger partial charge in [-0.3, -0.25) is 4.79 Å². The number of primary sulfonamides is 1. The Morgan fingerprint density at radius 1 is 0.833 bits per heavy atom. The molecule has 4 rings (SSSR count). The molecule has 1 fully saturated rings. The molecule has 0 bridgehead atoms. The van der Waals surface area contributed by atoms with Gasteiger partial charge in [-0.15, -0.1) is 10.2 Å². The van der Waals surface area contributed by atoms with Crippen LogP contribution in [-0.2, 0) is 10.0 Å². The summed E-state index contributed by atoms with van der Waals surface area (Å²) in [5, 5.41) is 13.8. The summed E-state index contributed by atoms with van der Waals surface area (Å²) in [7, 11) is -3.77. The zero-order valence-corrected chi connectivity index (χ0v) is 17.0. The standard InChI is InChI=1S/C21H21N5O3S/c22-30(28,29)18-8-6-17(7-9-18)21(27)26-14-12-25(13-15-26)20-11-10-19(23-24-20)16-4-2-1-3-5-16/h1-11H,12-15H2,(H2,22,28,29). The summed E-state index contributed by atoms with van der Waals surface area (Å²) in [6.45, 7) is 2.36. The second-order valence-corrected chi connectivity index (χ2v) is 8.55. The molecule has 30 heavy (non-hydrogen) atoms. The van der Waals surface area contributed by atoms with E-state index in [2.05, 4.69) is 15.1 Å². The van der Waals surface area contributed by atoms with Gasteiger partial charge in [0.15, 0.2) is 5.82 Å². The maximum absolute atomic E-state index is 12.7. The first kappa shape index (κ1) is 20.0. The SMILES string of the molecule is NS(=O)(=O)c1ccc(C(=O)N2CCN(c3ccc(-c4ccccc4)nn3)CC2)cc1. The van der Waals surface area contributed by atoms with Crippen molar-refractivity contribution in [1.82, 2.24) is 15.1 Å². The van der Waals surface area contributed by atoms with Crippen LogP contribution in [0.1, 0.15) is 10.4 Å². The van der Waals surface area contributed by atoms with E-state index in [4.69, 9.17) is 5.14 Å². The summed E-state index contributed by atoms with van der Waals surface area (Å²) in [6.07, 6.45) is 0. The lowest BCUT2D eigenvalue weighted by Gasteiger charge is -2.35. The van der Waals surface area contributed by atoms with Gasteiger partial charge in [-0.2, -0.15) is 0 Å². The maximum atomic E-state index is 12.7. The van der Waals surface area contributed by atoms with E-state index in [1.54, 1.807) is 4.90 Å². The molecule has 2 aromatic carbocycles. The smallest absolute Gasteiger partial charge is 0.253 e. The molecule has 3 aromatic rings. The van der Waals surface area contributed by atoms with Gasteiger partial charge in [-0.1, -0.05) is 30.3 Å². The van der Waals surface area contributed by atoms with E-state index in [0.717, 1.165) is 17.1 Å². The Balaban J connectivity index is 1.38. The van der Waals surface area contributed by atoms with E-state index in [-0.39, 0.29) is 10.8 Å². The molecule has 0 radical (unpaired) electrons. The van der Waals surface area contributed by atoms with E-state index in [0.29, 0.717) is 31.7 Å². The van der Waals surface area contributed by atoms with Crippen molar-refractivity contribution in [1.29, 1.82) is 0 Å². The predicted octanol–water partition coefficient (Wildman–Crippen LogP) is 1.75. The lowest BCUT2D eigenvalue weighted by atomic mass is 10.1. The van der Waals surface area contributed by atoms with Crippen LogP contribution in [0.4, 0.5) is 5.82 Å². The fourth-order valence-electron chi connectivity index (χ4n) is 3.37. The Bertz CT molecular complexity index is 1130. The Labute approximate surface area is 175 Å². The number of nitrogens with two attached hydrogens (primary N) is 1. The lowest BCUT2D eigenvalue weighted by Crippen LogP contribution is -2.49. The van der Waals surface area contributed by atoms with Gasteiger partial charge in [0, 0.05) is 37.3 Å². The van der Waals surface area contributed by atoms with Crippen LogP contribution in [0.25, 0.3) is 11.3 Å². The molecule has 0 unspecified atom stereocenters. The zero-order valence-electron chi connectivity index (χ0n) is 16.2. The first-order chi connectivity index (χ1) is 14.4. The third-order valence-electron chi connectivity index (χ3n) is 5.04. The quantitative estimate of drug-likeness (QED) is 0.685. The summed E-state index contributed by atoms with van der Waals surface area (Å²) in [5.74, 6) is 0.639. The molecular formula is C21H21N5O3S. The minimum atomic E-state index is -3.77. The van der Waals surface area contributed by atoms with Gasteiger partial charge in [0.1, 0.15) is 0 Å². The number of rotatable bonds is 4. The molecule has 154 valence electrons. The van der Waals surface area contributed by atoms with Crippen molar-refractivity contribution in [3.63, 3.8) is 0 Å². The van der Waals surface area contributed by atoms with E-state index < -0.39 is 10.0 Å². The molecule has 9 heteroatoms. The Morgan fingerprint density at radius 2 is 1.50 bits per heavy atom. The Morgan fingerprint density at radius 3 is 2.07 bits per heavy atom. The highest BCUT2D eigenvalue weighted by atomic mass is 32.2. The molecule has 0 aliphatic carbocycles. The third kappa shape index (κ3) is 4.32. The number of sulfonamides is 1. The number of amides is 1. The molecule has 8 nitrogen and oxygen atoms in total. The van der Waals surface area contributed by atoms with Gasteiger partial charge >= 0.3 is 0 Å². The van der Waals surface area contributed by atoms with Crippen molar-refractivity contribution >= 4 is 21.7 Å². The monoisotopic (exact) mass is 423 g/mol. The molecule has 2 heterocycles. The number of aromatic nitrogens is 2. The van der Waals surface area contributed by atoms with Gasteiger partial charge in [0.05, 0.1) is 10.6 Å². The number of nitrogens with zero attached hydrogens (tertiary/aromatic N) is 4. The van der Waals surface area contributed by atoms with Gasteiger partial charge in [0.2, 0.25) is 10.0 Å². The van der Waals surface area contributed by atoms with Crippen LogP contribution >= 0.6 is 0 Å². The fraction of sp³-hybridized carbons (Fsp3) is 0.190. The molecule has 1 amide bonds. The maximum Gasteiger partial charge on any atom is 0.253 e. The first-order valence-corrected chi connectivity index (χ1v) is 11.0. The Hall–Kier alpha value is -3.30. The molecule has 0 saturated carbocycles. The highest BCUT2D eigenvalue weighted by Crippen LogP contribution is 2.20. The van der Waals surface area contributed by atoms with E-state index in [1.807, 2.05) is 42.5 Å². The molecule has 1 saturated heterocycles. The summed E-state index contributed by atoms with van der Waals surface area (Å²) < 4.78 is 22.7. The van der Waals surface area contributed by atoms with Crippen molar-refractivity contribution in [2.45, 2.75) is 4.90 Å². The van der Waals surface area contributed by atoms with Crippen LogP contribution < -0.4 is 10.0 Å². The first-order valence-electron chi connectivity index (χ1n) is 9.48. The minimum absolute atomic E-state index is 0.0126. The summed E-state index contributed by atoms with van der Waals surface area (Å²) in [6, 6.07) is 19.4. The third-order valence-corrected chi connectivity index (χ3v) is 5.97. The molecule has 0 atom stereocenters. The highest BCUT2D eigenvalue weighted by molar-refractivity contribution is 7.89. The predicted molar refractivity (Wildman–Crippen MR) is 113 cm³/mol. The van der Waals surface area contributed by atoms with E-state index in [1.165, 1.54) is 24.3 Å². The number of hydrogen-bond acceptors (Lipinski definition) is 6. The van der Waals surface area contributed by atoms with Gasteiger partial charge in [-0.25, -0.2) is 13.6 Å². The van der Waals surface area contributed by atoms with E-state index in [9.17, 15) is 13.2 Å². The van der Waals surface area contributed by atoms with Crippen molar-refractivity contribution in [2.24, 2.45) is 5.14 Å². The molecule has 1 aliphatic heterocycles. The van der Waals surface area contributed by atoms with Crippen molar-refractivity contribution in [3.05, 3.63) is 72.3 Å². The fourth-order valence-corrected chi connectivity index (χ4v) is 3.88. The van der Waals surface area contributed by atoms with Gasteiger partial charge < -0.3 is 9.80 Å². The number of piperazine rings is 1. The lowest BCUT2D eigenvalue weighted by molar-refractivity contribution is 0.0746. The van der Waals surface area contributed by atoms with Crippen molar-refractivity contribution in [3.8, 4) is 11.3 Å². The van der Waals surface area contributed by atoms with Gasteiger partial charge in [-0.05, 0) is 36.4 Å². The molecule has 0 spiro atoms. The second-order valence-electron chi connectivity index (χ2n) is 6.99. The van der Waals surface area contributed by atoms with E-state index >= 15 is 0 Å². The summed E-state index contributed by atoms with van der Waals surface area (Å²) >= 11 is 0. The average Bonchev–Trinajstić information content (AvgIpc) is 2.79. The largest absolute Gasteiger partial charge is 0.352 e. The number of carbonyl (C=O) groups excluding carboxylic acids is 1. The van der Waals surface area contributed by atoms with Crippen LogP contribution in [0.5, 0.6) is 0 Å². The van der Waals surface area contributed by atoms with Gasteiger partial charge in [0.25, 0.3) is 5.91 Å². The molecule has 1 aliphatic rings. The topological polar surface area (TPSA) is 109 Å². The minimum Gasteiger partial charge on any atom is -0.352 e. The normalized spacial score (nSPS) is 14.6. The van der Waals surface area contributed by atoms with Crippen LogP contribution in [0.2, 0.25) is 0 Å². The van der Waals surface area contributed by atoms with Crippen molar-refractivity contribution < 1.29 is 13.2 Å². The van der Waals surface area contributed by atoms with Crippen LogP contribution in [0.15, 0.2) is 71.6 Å². The molecule has 1 aromatic heterocycles. The summed E-state index contributed by atoms with van der Waals surface area (Å²) in [5.41, 5.74) is 2.26. The van der Waals surface area contributed by atoms with Crippen LogP contribution in [0.3, 0.4) is 0 Å². The average molecular weight is 423 g/mol. The number of anilines is 1. The molecule has 2 N–H and O–H groups in total. The Kier molecular flexibility index (Phi) is 5.47. The second kappa shape index (κ2) is 8.21. The summed E-state index contributed by atoms with van der Waals surface area (Å²) in [4.78, 5) is 16.5. The van der Waals surface area contributed by atoms with Crippen LogP contribution in [0, 0.1) is 0 Å². The zero-order chi connectivity index (χ0) is 21.1. The highest BCUT2D eigenvalue weighted by Gasteiger charge is 2.23. The number of hydrogen-bond donors (Lipinski definition) is 1. The van der Waals surface area contributed by atoms with Crippen LogP contribution in [-0.4, -0.2) is 55.6 Å².